The Balaban J connectivity index is 1.62. The van der Waals surface area contributed by atoms with Crippen molar-refractivity contribution in [1.29, 1.82) is 0 Å². The molecule has 2 N–H and O–H groups in total. The molecule has 0 aliphatic carbocycles. The maximum Gasteiger partial charge on any atom is 0.255 e. The summed E-state index contributed by atoms with van der Waals surface area (Å²) in [6, 6.07) is 18.0. The second kappa shape index (κ2) is 10.3. The van der Waals surface area contributed by atoms with Crippen LogP contribution in [0.5, 0.6) is 17.2 Å². The number of nitrogens with one attached hydrogen (secondary N) is 2. The van der Waals surface area contributed by atoms with Gasteiger partial charge in [-0.2, -0.15) is 4.98 Å². The van der Waals surface area contributed by atoms with Crippen LogP contribution in [0.25, 0.3) is 11.4 Å². The van der Waals surface area contributed by atoms with E-state index in [9.17, 15) is 9.18 Å². The molecule has 5 rings (SSSR count). The molecule has 0 radical (unpaired) electrons. The summed E-state index contributed by atoms with van der Waals surface area (Å²) in [6.07, 6.45) is 0. The van der Waals surface area contributed by atoms with Gasteiger partial charge >= 0.3 is 0 Å². The van der Waals surface area contributed by atoms with E-state index in [0.717, 1.165) is 0 Å². The van der Waals surface area contributed by atoms with Gasteiger partial charge in [0.05, 0.1) is 26.9 Å². The first-order chi connectivity index (χ1) is 18.4. The van der Waals surface area contributed by atoms with E-state index < -0.39 is 6.04 Å². The minimum absolute atomic E-state index is 0.314. The molecule has 1 atom stereocenters. The number of fused-ring (bicyclic) bond motifs is 1. The summed E-state index contributed by atoms with van der Waals surface area (Å²) in [4.78, 5) is 18.3. The molecule has 1 unspecified atom stereocenters. The number of halogens is 1. The van der Waals surface area contributed by atoms with Crippen LogP contribution in [0, 0.1) is 5.82 Å². The second-order valence-electron chi connectivity index (χ2n) is 8.56. The van der Waals surface area contributed by atoms with Gasteiger partial charge in [-0.25, -0.2) is 9.07 Å². The minimum atomic E-state index is -0.668. The van der Waals surface area contributed by atoms with Crippen molar-refractivity contribution in [2.24, 2.45) is 0 Å². The molecule has 9 nitrogen and oxygen atoms in total. The van der Waals surface area contributed by atoms with Crippen LogP contribution in [0.2, 0.25) is 0 Å². The smallest absolute Gasteiger partial charge is 0.255 e. The standard InChI is InChI=1S/C28H26FN5O4/c1-16-23(27(35)31-20-8-6-5-7-9-20)24(17-10-12-19(29)13-11-17)34-28(30-16)32-26(33-34)18-14-21(36-2)25(38-4)22(15-18)37-3/h5-15,24H,1-4H3,(H,31,35)(H,30,32,33). The number of carbonyl (C=O) groups is 1. The first-order valence-electron chi connectivity index (χ1n) is 11.8. The van der Waals surface area contributed by atoms with Gasteiger partial charge in [0.15, 0.2) is 17.3 Å². The van der Waals surface area contributed by atoms with Gasteiger partial charge in [-0.3, -0.25) is 4.79 Å². The van der Waals surface area contributed by atoms with Crippen LogP contribution in [0.4, 0.5) is 16.0 Å². The molecule has 1 aliphatic rings. The van der Waals surface area contributed by atoms with Crippen LogP contribution in [-0.2, 0) is 4.79 Å². The molecule has 0 saturated carbocycles. The Morgan fingerprint density at radius 3 is 2.24 bits per heavy atom. The minimum Gasteiger partial charge on any atom is -0.493 e. The summed E-state index contributed by atoms with van der Waals surface area (Å²) in [5, 5.41) is 10.9. The zero-order valence-electron chi connectivity index (χ0n) is 21.3. The Kier molecular flexibility index (Phi) is 6.69. The highest BCUT2D eigenvalue weighted by Crippen LogP contribution is 2.42. The number of benzene rings is 3. The SMILES string of the molecule is COc1cc(-c2nc3n(n2)C(c2ccc(F)cc2)C(C(=O)Nc2ccccc2)=C(C)N3)cc(OC)c1OC. The number of methoxy groups -OCH3 is 3. The fourth-order valence-electron chi connectivity index (χ4n) is 4.45. The molecule has 1 amide bonds. The van der Waals surface area contributed by atoms with Gasteiger partial charge in [-0.1, -0.05) is 30.3 Å². The van der Waals surface area contributed by atoms with Gasteiger partial charge in [-0.05, 0) is 48.9 Å². The Hall–Kier alpha value is -4.86. The van der Waals surface area contributed by atoms with E-state index >= 15 is 0 Å². The van der Waals surface area contributed by atoms with Crippen molar-refractivity contribution < 1.29 is 23.4 Å². The van der Waals surface area contributed by atoms with Crippen LogP contribution in [0.3, 0.4) is 0 Å². The van der Waals surface area contributed by atoms with Crippen molar-refractivity contribution >= 4 is 17.5 Å². The summed E-state index contributed by atoms with van der Waals surface area (Å²) in [7, 11) is 4.59. The van der Waals surface area contributed by atoms with Crippen molar-refractivity contribution in [3.63, 3.8) is 0 Å². The third-order valence-corrected chi connectivity index (χ3v) is 6.24. The highest BCUT2D eigenvalue weighted by atomic mass is 19.1. The van der Waals surface area contributed by atoms with E-state index in [2.05, 4.69) is 10.6 Å². The number of anilines is 2. The molecule has 2 heterocycles. The monoisotopic (exact) mass is 515 g/mol. The largest absolute Gasteiger partial charge is 0.493 e. The number of rotatable bonds is 7. The lowest BCUT2D eigenvalue weighted by Gasteiger charge is -2.28. The predicted octanol–water partition coefficient (Wildman–Crippen LogP) is 5.04. The van der Waals surface area contributed by atoms with Crippen LogP contribution in [-0.4, -0.2) is 42.0 Å². The topological polar surface area (TPSA) is 99.5 Å². The third-order valence-electron chi connectivity index (χ3n) is 6.24. The van der Waals surface area contributed by atoms with Crippen LogP contribution in [0.1, 0.15) is 18.5 Å². The molecule has 38 heavy (non-hydrogen) atoms. The Morgan fingerprint density at radius 1 is 0.974 bits per heavy atom. The number of aromatic nitrogens is 3. The molecule has 0 fully saturated rings. The average Bonchev–Trinajstić information content (AvgIpc) is 3.36. The van der Waals surface area contributed by atoms with Crippen molar-refractivity contribution in [1.82, 2.24) is 14.8 Å². The average molecular weight is 516 g/mol. The lowest BCUT2D eigenvalue weighted by Crippen LogP contribution is -2.31. The highest BCUT2D eigenvalue weighted by Gasteiger charge is 2.34. The Labute approximate surface area is 218 Å². The van der Waals surface area contributed by atoms with Gasteiger partial charge in [0.25, 0.3) is 5.91 Å². The summed E-state index contributed by atoms with van der Waals surface area (Å²) in [5.41, 5.74) is 2.97. The van der Waals surface area contributed by atoms with Gasteiger partial charge in [0, 0.05) is 16.9 Å². The molecule has 10 heteroatoms. The molecule has 194 valence electrons. The van der Waals surface area contributed by atoms with Crippen LogP contribution >= 0.6 is 0 Å². The van der Waals surface area contributed by atoms with Gasteiger partial charge in [-0.15, -0.1) is 5.10 Å². The van der Waals surface area contributed by atoms with Crippen molar-refractivity contribution in [3.8, 4) is 28.6 Å². The molecular weight excluding hydrogens is 489 g/mol. The van der Waals surface area contributed by atoms with Gasteiger partial charge in [0.2, 0.25) is 11.7 Å². The number of amides is 1. The molecule has 1 aromatic heterocycles. The Bertz CT molecular complexity index is 1490. The van der Waals surface area contributed by atoms with Gasteiger partial charge < -0.3 is 24.8 Å². The summed E-state index contributed by atoms with van der Waals surface area (Å²) < 4.78 is 31.9. The maximum absolute atomic E-state index is 13.8. The molecule has 0 saturated heterocycles. The number of hydrogen-bond donors (Lipinski definition) is 2. The maximum atomic E-state index is 13.8. The normalized spacial score (nSPS) is 14.4. The van der Waals surface area contributed by atoms with Crippen molar-refractivity contribution in [3.05, 3.63) is 89.4 Å². The fourth-order valence-corrected chi connectivity index (χ4v) is 4.45. The number of ether oxygens (including phenoxy) is 3. The number of para-hydroxylation sites is 1. The van der Waals surface area contributed by atoms with Gasteiger partial charge in [0.1, 0.15) is 11.9 Å². The predicted molar refractivity (Wildman–Crippen MR) is 141 cm³/mol. The quantitative estimate of drug-likeness (QED) is 0.356. The van der Waals surface area contributed by atoms with E-state index in [1.54, 1.807) is 48.0 Å². The third kappa shape index (κ3) is 4.52. The van der Waals surface area contributed by atoms with Crippen molar-refractivity contribution in [2.75, 3.05) is 32.0 Å². The second-order valence-corrected chi connectivity index (χ2v) is 8.56. The van der Waals surface area contributed by atoms with E-state index in [4.69, 9.17) is 24.3 Å². The van der Waals surface area contributed by atoms with E-state index in [-0.39, 0.29) is 11.7 Å². The van der Waals surface area contributed by atoms with E-state index in [1.807, 2.05) is 18.2 Å². The van der Waals surface area contributed by atoms with E-state index in [0.29, 0.717) is 57.1 Å². The molecular formula is C28H26FN5O4. The van der Waals surface area contributed by atoms with E-state index in [1.165, 1.54) is 33.5 Å². The number of hydrogen-bond acceptors (Lipinski definition) is 7. The zero-order chi connectivity index (χ0) is 26.8. The first kappa shape index (κ1) is 24.8. The Morgan fingerprint density at radius 2 is 1.63 bits per heavy atom. The molecule has 3 aromatic carbocycles. The summed E-state index contributed by atoms with van der Waals surface area (Å²) in [5.74, 6) is 1.46. The summed E-state index contributed by atoms with van der Waals surface area (Å²) in [6.45, 7) is 1.80. The van der Waals surface area contributed by atoms with Crippen molar-refractivity contribution in [2.45, 2.75) is 13.0 Å². The number of allylic oxidation sites excluding steroid dienone is 1. The molecule has 0 spiro atoms. The highest BCUT2D eigenvalue weighted by molar-refractivity contribution is 6.06. The zero-order valence-corrected chi connectivity index (χ0v) is 21.3. The van der Waals surface area contributed by atoms with Crippen LogP contribution < -0.4 is 24.8 Å². The number of nitrogens with zero attached hydrogens (tertiary/aromatic N) is 3. The summed E-state index contributed by atoms with van der Waals surface area (Å²) >= 11 is 0. The number of carbonyl (C=O) groups excluding carboxylic acids is 1. The molecule has 1 aliphatic heterocycles. The lowest BCUT2D eigenvalue weighted by molar-refractivity contribution is -0.113. The molecule has 4 aromatic rings. The fraction of sp³-hybridized carbons (Fsp3) is 0.179. The first-order valence-corrected chi connectivity index (χ1v) is 11.8. The lowest BCUT2D eigenvalue weighted by atomic mass is 9.95. The molecule has 0 bridgehead atoms. The van der Waals surface area contributed by atoms with Crippen LogP contribution in [0.15, 0.2) is 78.0 Å².